The molecule has 74 valence electrons. The van der Waals surface area contributed by atoms with E-state index >= 15 is 0 Å². The van der Waals surface area contributed by atoms with Crippen LogP contribution in [0.1, 0.15) is 0 Å². The van der Waals surface area contributed by atoms with Crippen LogP contribution in [0.15, 0.2) is 22.2 Å². The maximum atomic E-state index is 11.1. The Hall–Kier alpha value is -1.01. The molecule has 0 aliphatic rings. The molecule has 2 aromatic rings. The van der Waals surface area contributed by atoms with Gasteiger partial charge in [-0.2, -0.15) is 5.10 Å². The standard InChI is InChI=1S/C7H7ClN4OS/c8-1-2-14-6-3-5-10-11-7(13)12(5)4-9-6/h3-4H,1-2H2,(H,11,13). The molecule has 5 nitrogen and oxygen atoms in total. The highest BCUT2D eigenvalue weighted by atomic mass is 35.5. The summed E-state index contributed by atoms with van der Waals surface area (Å²) in [6, 6.07) is 1.75. The van der Waals surface area contributed by atoms with Crippen molar-refractivity contribution in [3.05, 3.63) is 22.9 Å². The van der Waals surface area contributed by atoms with E-state index in [-0.39, 0.29) is 5.69 Å². The molecule has 0 bridgehead atoms. The number of nitrogens with zero attached hydrogens (tertiary/aromatic N) is 3. The number of aromatic amines is 1. The molecule has 2 heterocycles. The molecule has 0 atom stereocenters. The highest BCUT2D eigenvalue weighted by Crippen LogP contribution is 2.15. The highest BCUT2D eigenvalue weighted by molar-refractivity contribution is 7.99. The molecule has 0 saturated heterocycles. The van der Waals surface area contributed by atoms with E-state index in [0.29, 0.717) is 11.5 Å². The van der Waals surface area contributed by atoms with Crippen LogP contribution < -0.4 is 5.69 Å². The number of hydrogen-bond donors (Lipinski definition) is 1. The fraction of sp³-hybridized carbons (Fsp3) is 0.286. The molecule has 0 amide bonds. The molecular weight excluding hydrogens is 224 g/mol. The molecule has 7 heteroatoms. The lowest BCUT2D eigenvalue weighted by molar-refractivity contribution is 0.963. The molecule has 0 aliphatic heterocycles. The van der Waals surface area contributed by atoms with Crippen LogP contribution in [0, 0.1) is 0 Å². The molecule has 0 saturated carbocycles. The Morgan fingerprint density at radius 2 is 2.50 bits per heavy atom. The summed E-state index contributed by atoms with van der Waals surface area (Å²) in [5.41, 5.74) is 0.295. The van der Waals surface area contributed by atoms with Crippen molar-refractivity contribution in [3.8, 4) is 0 Å². The third-order valence-corrected chi connectivity index (χ3v) is 2.95. The number of thioether (sulfide) groups is 1. The summed E-state index contributed by atoms with van der Waals surface area (Å²) >= 11 is 7.08. The molecule has 0 radical (unpaired) electrons. The minimum absolute atomic E-state index is 0.276. The van der Waals surface area contributed by atoms with Gasteiger partial charge in [-0.25, -0.2) is 19.3 Å². The Morgan fingerprint density at radius 3 is 3.29 bits per heavy atom. The zero-order valence-corrected chi connectivity index (χ0v) is 8.68. The van der Waals surface area contributed by atoms with Crippen LogP contribution in [-0.2, 0) is 0 Å². The number of nitrogens with one attached hydrogen (secondary N) is 1. The van der Waals surface area contributed by atoms with Crippen LogP contribution in [0.25, 0.3) is 5.65 Å². The van der Waals surface area contributed by atoms with Crippen molar-refractivity contribution < 1.29 is 0 Å². The Bertz CT molecular complexity index is 494. The topological polar surface area (TPSA) is 63.0 Å². The van der Waals surface area contributed by atoms with E-state index in [1.54, 1.807) is 6.07 Å². The van der Waals surface area contributed by atoms with Gasteiger partial charge in [-0.05, 0) is 0 Å². The van der Waals surface area contributed by atoms with E-state index in [0.717, 1.165) is 10.8 Å². The van der Waals surface area contributed by atoms with Crippen molar-refractivity contribution in [2.45, 2.75) is 5.03 Å². The zero-order valence-electron chi connectivity index (χ0n) is 7.11. The minimum Gasteiger partial charge on any atom is -0.246 e. The van der Waals surface area contributed by atoms with Gasteiger partial charge >= 0.3 is 5.69 Å². The smallest absolute Gasteiger partial charge is 0.246 e. The van der Waals surface area contributed by atoms with Crippen molar-refractivity contribution in [1.82, 2.24) is 19.6 Å². The Morgan fingerprint density at radius 1 is 1.64 bits per heavy atom. The fourth-order valence-corrected chi connectivity index (χ4v) is 1.84. The summed E-state index contributed by atoms with van der Waals surface area (Å²) in [7, 11) is 0. The monoisotopic (exact) mass is 230 g/mol. The summed E-state index contributed by atoms with van der Waals surface area (Å²) in [6.45, 7) is 0. The summed E-state index contributed by atoms with van der Waals surface area (Å²) in [5.74, 6) is 1.37. The first-order valence-corrected chi connectivity index (χ1v) is 5.45. The highest BCUT2D eigenvalue weighted by Gasteiger charge is 2.01. The van der Waals surface area contributed by atoms with Crippen molar-refractivity contribution in [2.75, 3.05) is 11.6 Å². The number of aromatic nitrogens is 4. The SMILES string of the molecule is O=c1[nH]nc2cc(SCCCl)ncn12. The lowest BCUT2D eigenvalue weighted by Crippen LogP contribution is -2.09. The van der Waals surface area contributed by atoms with E-state index in [9.17, 15) is 4.79 Å². The van der Waals surface area contributed by atoms with E-state index in [2.05, 4.69) is 15.2 Å². The Balaban J connectivity index is 2.37. The quantitative estimate of drug-likeness (QED) is 0.480. The largest absolute Gasteiger partial charge is 0.348 e. The van der Waals surface area contributed by atoms with E-state index in [4.69, 9.17) is 11.6 Å². The molecule has 0 fully saturated rings. The van der Waals surface area contributed by atoms with Gasteiger partial charge in [0.25, 0.3) is 0 Å². The van der Waals surface area contributed by atoms with Crippen molar-refractivity contribution in [3.63, 3.8) is 0 Å². The summed E-state index contributed by atoms with van der Waals surface area (Å²) in [4.78, 5) is 15.2. The molecular formula is C7H7ClN4OS. The van der Waals surface area contributed by atoms with Crippen LogP contribution >= 0.6 is 23.4 Å². The average molecular weight is 231 g/mol. The van der Waals surface area contributed by atoms with Crippen LogP contribution in [-0.4, -0.2) is 31.2 Å². The molecule has 0 aromatic carbocycles. The molecule has 2 rings (SSSR count). The summed E-state index contributed by atoms with van der Waals surface area (Å²) < 4.78 is 1.35. The number of rotatable bonds is 3. The van der Waals surface area contributed by atoms with E-state index < -0.39 is 0 Å². The number of hydrogen-bond acceptors (Lipinski definition) is 4. The predicted octanol–water partition coefficient (Wildman–Crippen LogP) is 0.748. The number of halogens is 1. The second kappa shape index (κ2) is 4.02. The van der Waals surface area contributed by atoms with Gasteiger partial charge in [-0.1, -0.05) is 0 Å². The van der Waals surface area contributed by atoms with Crippen LogP contribution in [0.2, 0.25) is 0 Å². The number of H-pyrrole nitrogens is 1. The van der Waals surface area contributed by atoms with Crippen LogP contribution in [0.5, 0.6) is 0 Å². The van der Waals surface area contributed by atoms with Crippen LogP contribution in [0.4, 0.5) is 0 Å². The zero-order chi connectivity index (χ0) is 9.97. The molecule has 0 unspecified atom stereocenters. The van der Waals surface area contributed by atoms with Crippen molar-refractivity contribution in [1.29, 1.82) is 0 Å². The molecule has 0 spiro atoms. The Kier molecular flexibility index (Phi) is 2.74. The first-order chi connectivity index (χ1) is 6.81. The lowest BCUT2D eigenvalue weighted by Gasteiger charge is -1.97. The maximum Gasteiger partial charge on any atom is 0.348 e. The molecule has 2 aromatic heterocycles. The van der Waals surface area contributed by atoms with Gasteiger partial charge in [0.2, 0.25) is 0 Å². The van der Waals surface area contributed by atoms with Crippen LogP contribution in [0.3, 0.4) is 0 Å². The van der Waals surface area contributed by atoms with Gasteiger partial charge in [0.1, 0.15) is 11.4 Å². The second-order valence-electron chi connectivity index (χ2n) is 2.52. The fourth-order valence-electron chi connectivity index (χ4n) is 1.01. The van der Waals surface area contributed by atoms with Gasteiger partial charge in [-0.15, -0.1) is 23.4 Å². The maximum absolute atomic E-state index is 11.1. The number of fused-ring (bicyclic) bond motifs is 1. The lowest BCUT2D eigenvalue weighted by atomic mass is 10.6. The van der Waals surface area contributed by atoms with Crippen molar-refractivity contribution in [2.24, 2.45) is 0 Å². The number of alkyl halides is 1. The van der Waals surface area contributed by atoms with Gasteiger partial charge in [-0.3, -0.25) is 0 Å². The van der Waals surface area contributed by atoms with Gasteiger partial charge in [0.15, 0.2) is 5.65 Å². The third kappa shape index (κ3) is 1.76. The van der Waals surface area contributed by atoms with Crippen molar-refractivity contribution >= 4 is 29.0 Å². The van der Waals surface area contributed by atoms with E-state index in [1.165, 1.54) is 22.5 Å². The molecule has 1 N–H and O–H groups in total. The minimum atomic E-state index is -0.276. The third-order valence-electron chi connectivity index (χ3n) is 1.61. The van der Waals surface area contributed by atoms with Gasteiger partial charge < -0.3 is 0 Å². The normalized spacial score (nSPS) is 10.9. The predicted molar refractivity (Wildman–Crippen MR) is 55.1 cm³/mol. The summed E-state index contributed by atoms with van der Waals surface area (Å²) in [6.07, 6.45) is 1.46. The molecule has 14 heavy (non-hydrogen) atoms. The van der Waals surface area contributed by atoms with Gasteiger partial charge in [0.05, 0.1) is 0 Å². The first-order valence-electron chi connectivity index (χ1n) is 3.93. The van der Waals surface area contributed by atoms with E-state index in [1.807, 2.05) is 0 Å². The summed E-state index contributed by atoms with van der Waals surface area (Å²) in [5, 5.41) is 6.98. The second-order valence-corrected chi connectivity index (χ2v) is 4.01. The first kappa shape index (κ1) is 9.54. The average Bonchev–Trinajstić information content (AvgIpc) is 2.57. The van der Waals surface area contributed by atoms with Gasteiger partial charge in [0, 0.05) is 17.7 Å². The Labute approximate surface area is 88.5 Å². The molecule has 0 aliphatic carbocycles.